The van der Waals surface area contributed by atoms with Crippen LogP contribution >= 0.6 is 0 Å². The molecule has 1 fully saturated rings. The number of para-hydroxylation sites is 1. The van der Waals surface area contributed by atoms with Crippen LogP contribution in [0.1, 0.15) is 35.6 Å². The molecular weight excluding hydrogens is 385 g/mol. The first-order chi connectivity index (χ1) is 13.6. The Morgan fingerprint density at radius 1 is 1.21 bits per heavy atom. The number of aliphatic hydroxyl groups is 1. The molecule has 0 bridgehead atoms. The van der Waals surface area contributed by atoms with E-state index in [1.54, 1.807) is 31.2 Å². The van der Waals surface area contributed by atoms with E-state index in [1.807, 2.05) is 0 Å². The third-order valence-corrected chi connectivity index (χ3v) is 5.11. The Morgan fingerprint density at radius 2 is 1.90 bits per heavy atom. The first kappa shape index (κ1) is 20.9. The quantitative estimate of drug-likeness (QED) is 0.763. The van der Waals surface area contributed by atoms with Crippen LogP contribution in [0.15, 0.2) is 48.5 Å². The van der Waals surface area contributed by atoms with Crippen molar-refractivity contribution in [3.05, 3.63) is 65.2 Å². The van der Waals surface area contributed by atoms with Crippen LogP contribution in [0.5, 0.6) is 0 Å². The maximum Gasteiger partial charge on any atom is 0.416 e. The molecule has 0 radical (unpaired) electrons. The first-order valence-corrected chi connectivity index (χ1v) is 9.09. The van der Waals surface area contributed by atoms with Crippen molar-refractivity contribution in [2.75, 3.05) is 18.9 Å². The number of likely N-dealkylation sites (tertiary alicyclic amines) is 1. The van der Waals surface area contributed by atoms with Crippen molar-refractivity contribution in [1.82, 2.24) is 4.90 Å². The van der Waals surface area contributed by atoms with Crippen molar-refractivity contribution >= 4 is 17.5 Å². The average Bonchev–Trinajstić information content (AvgIpc) is 2.96. The molecule has 2 N–H and O–H groups in total. The van der Waals surface area contributed by atoms with E-state index in [9.17, 15) is 27.9 Å². The highest BCUT2D eigenvalue weighted by molar-refractivity contribution is 6.08. The summed E-state index contributed by atoms with van der Waals surface area (Å²) in [6.07, 6.45) is -5.36. The summed E-state index contributed by atoms with van der Waals surface area (Å²) in [5.41, 5.74) is 0.296. The number of carbonyl (C=O) groups excluding carboxylic acids is 2. The van der Waals surface area contributed by atoms with Crippen LogP contribution in [0.25, 0.3) is 0 Å². The third kappa shape index (κ3) is 4.27. The number of carbonyl (C=O) groups is 2. The van der Waals surface area contributed by atoms with Gasteiger partial charge >= 0.3 is 6.18 Å². The first-order valence-electron chi connectivity index (χ1n) is 9.09. The van der Waals surface area contributed by atoms with E-state index in [0.29, 0.717) is 11.3 Å². The fourth-order valence-electron chi connectivity index (χ4n) is 3.62. The zero-order valence-electron chi connectivity index (χ0n) is 15.9. The highest BCUT2D eigenvalue weighted by Gasteiger charge is 2.45. The second-order valence-corrected chi connectivity index (χ2v) is 7.18. The van der Waals surface area contributed by atoms with E-state index in [-0.39, 0.29) is 12.1 Å². The second-order valence-electron chi connectivity index (χ2n) is 7.18. The lowest BCUT2D eigenvalue weighted by atomic mass is 9.87. The number of nitrogens with zero attached hydrogens (tertiary/aromatic N) is 1. The number of nitrogens with one attached hydrogen (secondary N) is 1. The summed E-state index contributed by atoms with van der Waals surface area (Å²) in [7, 11) is 1.51. The number of hydrogen-bond acceptors (Lipinski definition) is 3. The molecule has 0 aromatic heterocycles. The Balaban J connectivity index is 1.92. The predicted molar refractivity (Wildman–Crippen MR) is 101 cm³/mol. The molecule has 154 valence electrons. The summed E-state index contributed by atoms with van der Waals surface area (Å²) in [4.78, 5) is 26.9. The van der Waals surface area contributed by atoms with Crippen LogP contribution in [-0.4, -0.2) is 35.4 Å². The molecule has 2 aromatic carbocycles. The molecule has 29 heavy (non-hydrogen) atoms. The molecule has 0 saturated carbocycles. The van der Waals surface area contributed by atoms with Gasteiger partial charge in [0.25, 0.3) is 0 Å². The van der Waals surface area contributed by atoms with Gasteiger partial charge in [0.2, 0.25) is 11.8 Å². The van der Waals surface area contributed by atoms with Gasteiger partial charge in [0.05, 0.1) is 11.7 Å². The lowest BCUT2D eigenvalue weighted by Crippen LogP contribution is -2.33. The third-order valence-electron chi connectivity index (χ3n) is 5.11. The summed E-state index contributed by atoms with van der Waals surface area (Å²) in [5, 5.41) is 12.5. The molecule has 5 nitrogen and oxygen atoms in total. The molecule has 0 aliphatic carbocycles. The van der Waals surface area contributed by atoms with Crippen molar-refractivity contribution in [2.24, 2.45) is 5.92 Å². The van der Waals surface area contributed by atoms with E-state index < -0.39 is 41.5 Å². The minimum absolute atomic E-state index is 0.135. The van der Waals surface area contributed by atoms with Crippen LogP contribution < -0.4 is 5.32 Å². The van der Waals surface area contributed by atoms with Gasteiger partial charge in [-0.1, -0.05) is 36.4 Å². The Kier molecular flexibility index (Phi) is 5.66. The van der Waals surface area contributed by atoms with Gasteiger partial charge in [-0.15, -0.1) is 0 Å². The molecule has 1 aliphatic heterocycles. The van der Waals surface area contributed by atoms with E-state index in [4.69, 9.17) is 0 Å². The zero-order valence-corrected chi connectivity index (χ0v) is 15.9. The largest absolute Gasteiger partial charge is 0.416 e. The fourth-order valence-corrected chi connectivity index (χ4v) is 3.62. The molecule has 1 aliphatic rings. The van der Waals surface area contributed by atoms with Gasteiger partial charge in [-0.3, -0.25) is 9.59 Å². The van der Waals surface area contributed by atoms with Crippen LogP contribution in [0, 0.1) is 5.92 Å². The Bertz CT molecular complexity index is 927. The Hall–Kier alpha value is -2.87. The molecule has 3 rings (SSSR count). The molecule has 2 aromatic rings. The van der Waals surface area contributed by atoms with E-state index >= 15 is 0 Å². The smallest absolute Gasteiger partial charge is 0.389 e. The highest BCUT2D eigenvalue weighted by Crippen LogP contribution is 2.37. The Morgan fingerprint density at radius 3 is 2.55 bits per heavy atom. The summed E-state index contributed by atoms with van der Waals surface area (Å²) < 4.78 is 39.3. The molecular formula is C21H21F3N2O3. The van der Waals surface area contributed by atoms with Gasteiger partial charge in [-0.05, 0) is 24.6 Å². The van der Waals surface area contributed by atoms with Gasteiger partial charge in [0, 0.05) is 30.8 Å². The zero-order chi connectivity index (χ0) is 21.3. The van der Waals surface area contributed by atoms with Crippen molar-refractivity contribution in [1.29, 1.82) is 0 Å². The van der Waals surface area contributed by atoms with Crippen LogP contribution in [-0.2, 0) is 15.8 Å². The lowest BCUT2D eigenvalue weighted by molar-refractivity contribution is -0.137. The molecule has 1 heterocycles. The summed E-state index contributed by atoms with van der Waals surface area (Å²) in [6.45, 7) is 1.68. The number of rotatable bonds is 4. The van der Waals surface area contributed by atoms with E-state index in [0.717, 1.165) is 12.1 Å². The maximum atomic E-state index is 13.1. The maximum absolute atomic E-state index is 13.1. The number of hydrogen-bond donors (Lipinski definition) is 2. The van der Waals surface area contributed by atoms with Crippen molar-refractivity contribution in [3.8, 4) is 0 Å². The van der Waals surface area contributed by atoms with E-state index in [2.05, 4.69) is 5.32 Å². The monoisotopic (exact) mass is 406 g/mol. The van der Waals surface area contributed by atoms with Crippen LogP contribution in [0.3, 0.4) is 0 Å². The molecule has 1 saturated heterocycles. The lowest BCUT2D eigenvalue weighted by Gasteiger charge is -2.19. The second kappa shape index (κ2) is 7.87. The van der Waals surface area contributed by atoms with Crippen molar-refractivity contribution in [3.63, 3.8) is 0 Å². The van der Waals surface area contributed by atoms with Crippen LogP contribution in [0.2, 0.25) is 0 Å². The van der Waals surface area contributed by atoms with Crippen LogP contribution in [0.4, 0.5) is 18.9 Å². The number of aliphatic hydroxyl groups excluding tert-OH is 1. The van der Waals surface area contributed by atoms with Crippen molar-refractivity contribution in [2.45, 2.75) is 25.1 Å². The SMILES string of the molecule is CC(O)c1ccccc1NC(=O)[C@H]1C(=O)N(C)C[C@@H]1c1cccc(C(F)(F)F)c1. The number of amides is 2. The topological polar surface area (TPSA) is 69.6 Å². The van der Waals surface area contributed by atoms with Gasteiger partial charge in [0.15, 0.2) is 0 Å². The van der Waals surface area contributed by atoms with Crippen molar-refractivity contribution < 1.29 is 27.9 Å². The number of halogens is 3. The number of likely N-dealkylation sites (N-methyl/N-ethyl adjacent to an activating group) is 1. The number of benzene rings is 2. The minimum atomic E-state index is -4.52. The van der Waals surface area contributed by atoms with Gasteiger partial charge in [-0.2, -0.15) is 13.2 Å². The van der Waals surface area contributed by atoms with Gasteiger partial charge in [0.1, 0.15) is 5.92 Å². The average molecular weight is 406 g/mol. The molecule has 2 amide bonds. The molecule has 1 unspecified atom stereocenters. The Labute approximate surface area is 166 Å². The standard InChI is InChI=1S/C21H21F3N2O3/c1-12(27)15-8-3-4-9-17(15)25-19(28)18-16(11-26(2)20(18)29)13-6-5-7-14(10-13)21(22,23)24/h3-10,12,16,18,27H,11H2,1-2H3,(H,25,28)/t12?,16-,18+/m1/s1. The molecule has 3 atom stereocenters. The number of alkyl halides is 3. The molecule has 0 spiro atoms. The minimum Gasteiger partial charge on any atom is -0.389 e. The summed E-state index contributed by atoms with van der Waals surface area (Å²) in [5.74, 6) is -2.95. The predicted octanol–water partition coefficient (Wildman–Crippen LogP) is 3.57. The highest BCUT2D eigenvalue weighted by atomic mass is 19.4. The van der Waals surface area contributed by atoms with Gasteiger partial charge in [-0.25, -0.2) is 0 Å². The van der Waals surface area contributed by atoms with Gasteiger partial charge < -0.3 is 15.3 Å². The summed E-state index contributed by atoms with van der Waals surface area (Å²) in [6, 6.07) is 11.3. The normalized spacial score (nSPS) is 20.6. The molecule has 8 heteroatoms. The summed E-state index contributed by atoms with van der Waals surface area (Å²) >= 11 is 0. The van der Waals surface area contributed by atoms with E-state index in [1.165, 1.54) is 24.1 Å². The number of anilines is 1. The fraction of sp³-hybridized carbons (Fsp3) is 0.333.